The van der Waals surface area contributed by atoms with Gasteiger partial charge in [-0.2, -0.15) is 13.2 Å². The lowest BCUT2D eigenvalue weighted by Crippen LogP contribution is -2.55. The molecule has 4 rings (SSSR count). The van der Waals surface area contributed by atoms with Gasteiger partial charge in [0.15, 0.2) is 0 Å². The van der Waals surface area contributed by atoms with Gasteiger partial charge in [0, 0.05) is 16.5 Å². The molecule has 1 unspecified atom stereocenters. The Bertz CT molecular complexity index is 847. The molecule has 1 aliphatic carbocycles. The molecule has 0 aromatic heterocycles. The molecule has 1 heterocycles. The number of alkyl halides is 3. The Labute approximate surface area is 158 Å². The minimum Gasteiger partial charge on any atom is -0.276 e. The summed E-state index contributed by atoms with van der Waals surface area (Å²) in [6, 6.07) is 17.6. The number of benzene rings is 2. The highest BCUT2D eigenvalue weighted by Gasteiger charge is 2.57. The molecule has 1 nitrogen and oxygen atoms in total. The molecule has 0 bridgehead atoms. The standard InChI is InChI=1S/C23H24F3N/c1-21(16-23(24,25)26)22(14-8-3-9-15-22)19-13-7-6-12-18(19)20(27-21)17-10-4-2-5-11-17/h2,4-7,10-13H,3,8-9,14-16H2,1H3. The highest BCUT2D eigenvalue weighted by molar-refractivity contribution is 6.15. The van der Waals surface area contributed by atoms with Crippen molar-refractivity contribution in [2.75, 3.05) is 0 Å². The quantitative estimate of drug-likeness (QED) is 0.575. The third-order valence-electron chi connectivity index (χ3n) is 6.39. The second-order valence-corrected chi connectivity index (χ2v) is 8.08. The lowest BCUT2D eigenvalue weighted by atomic mass is 9.55. The van der Waals surface area contributed by atoms with Gasteiger partial charge in [-0.1, -0.05) is 73.9 Å². The largest absolute Gasteiger partial charge is 0.391 e. The molecule has 1 atom stereocenters. The monoisotopic (exact) mass is 371 g/mol. The summed E-state index contributed by atoms with van der Waals surface area (Å²) < 4.78 is 41.0. The number of aliphatic imine (C=N–C) groups is 1. The Morgan fingerprint density at radius 1 is 0.889 bits per heavy atom. The highest BCUT2D eigenvalue weighted by Crippen LogP contribution is 2.55. The molecule has 27 heavy (non-hydrogen) atoms. The van der Waals surface area contributed by atoms with E-state index in [1.807, 2.05) is 54.6 Å². The maximum absolute atomic E-state index is 13.7. The van der Waals surface area contributed by atoms with Crippen molar-refractivity contribution in [1.29, 1.82) is 0 Å². The van der Waals surface area contributed by atoms with Gasteiger partial charge in [-0.3, -0.25) is 4.99 Å². The van der Waals surface area contributed by atoms with Crippen molar-refractivity contribution in [1.82, 2.24) is 0 Å². The number of halogens is 3. The summed E-state index contributed by atoms with van der Waals surface area (Å²) in [5.74, 6) is 0. The zero-order valence-electron chi connectivity index (χ0n) is 15.5. The number of rotatable bonds is 2. The molecule has 4 heteroatoms. The number of nitrogens with zero attached hydrogens (tertiary/aromatic N) is 1. The molecule has 1 spiro atoms. The van der Waals surface area contributed by atoms with Crippen molar-refractivity contribution in [3.63, 3.8) is 0 Å². The van der Waals surface area contributed by atoms with E-state index in [0.29, 0.717) is 5.71 Å². The van der Waals surface area contributed by atoms with Crippen LogP contribution in [-0.4, -0.2) is 17.4 Å². The van der Waals surface area contributed by atoms with Gasteiger partial charge in [0.2, 0.25) is 0 Å². The molecular formula is C23H24F3N. The third-order valence-corrected chi connectivity index (χ3v) is 6.39. The van der Waals surface area contributed by atoms with Crippen LogP contribution in [0.2, 0.25) is 0 Å². The van der Waals surface area contributed by atoms with Gasteiger partial charge in [-0.05, 0) is 25.3 Å². The smallest absolute Gasteiger partial charge is 0.276 e. The van der Waals surface area contributed by atoms with E-state index in [2.05, 4.69) is 0 Å². The first-order chi connectivity index (χ1) is 12.8. The molecule has 0 amide bonds. The van der Waals surface area contributed by atoms with E-state index in [1.165, 1.54) is 0 Å². The number of hydrogen-bond acceptors (Lipinski definition) is 1. The summed E-state index contributed by atoms with van der Waals surface area (Å²) in [5.41, 5.74) is 1.87. The van der Waals surface area contributed by atoms with E-state index in [0.717, 1.165) is 48.8 Å². The van der Waals surface area contributed by atoms with Crippen LogP contribution >= 0.6 is 0 Å². The van der Waals surface area contributed by atoms with Crippen LogP contribution in [0.4, 0.5) is 13.2 Å². The number of fused-ring (bicyclic) bond motifs is 2. The van der Waals surface area contributed by atoms with Crippen molar-refractivity contribution in [3.05, 3.63) is 71.3 Å². The molecule has 2 aromatic carbocycles. The summed E-state index contributed by atoms with van der Waals surface area (Å²) in [7, 11) is 0. The first-order valence-corrected chi connectivity index (χ1v) is 9.67. The molecule has 0 saturated heterocycles. The Kier molecular flexibility index (Phi) is 4.40. The predicted octanol–water partition coefficient (Wildman–Crippen LogP) is 6.45. The van der Waals surface area contributed by atoms with Gasteiger partial charge in [0.1, 0.15) is 0 Å². The van der Waals surface area contributed by atoms with E-state index >= 15 is 0 Å². The van der Waals surface area contributed by atoms with Crippen LogP contribution in [0.5, 0.6) is 0 Å². The maximum atomic E-state index is 13.7. The summed E-state index contributed by atoms with van der Waals surface area (Å²) in [5, 5.41) is 0. The normalized spacial score (nSPS) is 24.4. The Hall–Kier alpha value is -2.10. The molecule has 2 aliphatic rings. The molecule has 1 aliphatic heterocycles. The summed E-state index contributed by atoms with van der Waals surface area (Å²) >= 11 is 0. The average Bonchev–Trinajstić information content (AvgIpc) is 2.65. The minimum absolute atomic E-state index is 0.546. The fourth-order valence-electron chi connectivity index (χ4n) is 5.19. The fourth-order valence-corrected chi connectivity index (χ4v) is 5.19. The Morgan fingerprint density at radius 2 is 1.52 bits per heavy atom. The van der Waals surface area contributed by atoms with E-state index in [9.17, 15) is 13.2 Å². The van der Waals surface area contributed by atoms with E-state index in [1.54, 1.807) is 6.92 Å². The Balaban J connectivity index is 1.97. The van der Waals surface area contributed by atoms with Crippen LogP contribution in [-0.2, 0) is 5.41 Å². The first kappa shape index (κ1) is 18.3. The van der Waals surface area contributed by atoms with Gasteiger partial charge >= 0.3 is 6.18 Å². The zero-order chi connectivity index (χ0) is 19.1. The molecular weight excluding hydrogens is 347 g/mol. The predicted molar refractivity (Wildman–Crippen MR) is 102 cm³/mol. The lowest BCUT2D eigenvalue weighted by Gasteiger charge is -2.53. The second-order valence-electron chi connectivity index (χ2n) is 8.08. The minimum atomic E-state index is -4.25. The zero-order valence-corrected chi connectivity index (χ0v) is 15.5. The molecule has 142 valence electrons. The van der Waals surface area contributed by atoms with Gasteiger partial charge in [-0.25, -0.2) is 0 Å². The molecule has 0 radical (unpaired) electrons. The summed E-state index contributed by atoms with van der Waals surface area (Å²) in [6.45, 7) is 1.73. The van der Waals surface area contributed by atoms with Crippen molar-refractivity contribution in [2.24, 2.45) is 4.99 Å². The Morgan fingerprint density at radius 3 is 2.19 bits per heavy atom. The SMILES string of the molecule is CC1(CC(F)(F)F)N=C(c2ccccc2)c2ccccc2C12CCCCC2. The fraction of sp³-hybridized carbons (Fsp3) is 0.435. The number of hydrogen-bond donors (Lipinski definition) is 0. The van der Waals surface area contributed by atoms with Crippen molar-refractivity contribution in [2.45, 2.75) is 62.6 Å². The van der Waals surface area contributed by atoms with Crippen LogP contribution in [0.15, 0.2) is 59.6 Å². The van der Waals surface area contributed by atoms with Crippen LogP contribution in [0.25, 0.3) is 0 Å². The van der Waals surface area contributed by atoms with Crippen molar-refractivity contribution < 1.29 is 13.2 Å². The maximum Gasteiger partial charge on any atom is 0.391 e. The van der Waals surface area contributed by atoms with Crippen LogP contribution in [0.1, 0.15) is 62.1 Å². The van der Waals surface area contributed by atoms with Gasteiger partial charge in [-0.15, -0.1) is 0 Å². The van der Waals surface area contributed by atoms with Crippen LogP contribution in [0, 0.1) is 0 Å². The molecule has 1 fully saturated rings. The third kappa shape index (κ3) is 3.09. The average molecular weight is 371 g/mol. The molecule has 1 saturated carbocycles. The van der Waals surface area contributed by atoms with Gasteiger partial charge < -0.3 is 0 Å². The van der Waals surface area contributed by atoms with Crippen molar-refractivity contribution >= 4 is 5.71 Å². The second kappa shape index (κ2) is 6.50. The van der Waals surface area contributed by atoms with Crippen molar-refractivity contribution in [3.8, 4) is 0 Å². The van der Waals surface area contributed by atoms with Gasteiger partial charge in [0.25, 0.3) is 0 Å². The molecule has 0 N–H and O–H groups in total. The summed E-state index contributed by atoms with van der Waals surface area (Å²) in [6.07, 6.45) is -0.608. The highest BCUT2D eigenvalue weighted by atomic mass is 19.4. The lowest BCUT2D eigenvalue weighted by molar-refractivity contribution is -0.153. The summed E-state index contributed by atoms with van der Waals surface area (Å²) in [4.78, 5) is 4.88. The topological polar surface area (TPSA) is 12.4 Å². The molecule has 2 aromatic rings. The van der Waals surface area contributed by atoms with Gasteiger partial charge in [0.05, 0.1) is 17.7 Å². The van der Waals surface area contributed by atoms with Crippen LogP contribution in [0.3, 0.4) is 0 Å². The first-order valence-electron chi connectivity index (χ1n) is 9.67. The van der Waals surface area contributed by atoms with E-state index < -0.39 is 23.6 Å². The van der Waals surface area contributed by atoms with E-state index in [-0.39, 0.29) is 0 Å². The van der Waals surface area contributed by atoms with Crippen LogP contribution < -0.4 is 0 Å². The van der Waals surface area contributed by atoms with E-state index in [4.69, 9.17) is 4.99 Å².